The normalized spacial score (nSPS) is 19.8. The average molecular weight is 668 g/mol. The second-order valence-corrected chi connectivity index (χ2v) is 14.2. The third kappa shape index (κ3) is 4.79. The smallest absolute Gasteiger partial charge is 0.0992 e. The fraction of sp³-hybridized carbons (Fsp3) is 0.122. The third-order valence-corrected chi connectivity index (χ3v) is 11.4. The van der Waals surface area contributed by atoms with Crippen LogP contribution in [0.15, 0.2) is 175 Å². The lowest BCUT2D eigenvalue weighted by Gasteiger charge is -2.32. The molecule has 52 heavy (non-hydrogen) atoms. The highest BCUT2D eigenvalue weighted by Gasteiger charge is 2.39. The van der Waals surface area contributed by atoms with E-state index in [1.807, 2.05) is 18.2 Å². The van der Waals surface area contributed by atoms with Crippen molar-refractivity contribution in [2.45, 2.75) is 37.1 Å². The summed E-state index contributed by atoms with van der Waals surface area (Å²) >= 11 is 0. The maximum atomic E-state index is 9.67. The summed E-state index contributed by atoms with van der Waals surface area (Å²) < 4.78 is 2.49. The number of nitriles is 1. The van der Waals surface area contributed by atoms with E-state index in [-0.39, 0.29) is 17.9 Å². The van der Waals surface area contributed by atoms with Crippen LogP contribution in [0.3, 0.4) is 0 Å². The van der Waals surface area contributed by atoms with Crippen molar-refractivity contribution in [3.63, 3.8) is 0 Å². The lowest BCUT2D eigenvalue weighted by atomic mass is 9.76. The minimum Gasteiger partial charge on any atom is -0.333 e. The number of hydrogen-bond acceptors (Lipinski definition) is 2. The second-order valence-electron chi connectivity index (χ2n) is 14.2. The van der Waals surface area contributed by atoms with Gasteiger partial charge in [0.1, 0.15) is 0 Å². The van der Waals surface area contributed by atoms with E-state index in [2.05, 4.69) is 167 Å². The SMILES string of the molecule is N#Cc1cccc(N2c3ccccc3C3C=C(C4=CC=CC[C@H]4c4ccccc4-c4cccc5c6c(n(-c7ccccc7)c45)C=CCC6)C=CC32)c1. The first-order chi connectivity index (χ1) is 25.8. The molecule has 1 aliphatic heterocycles. The standard InChI is InChI=1S/C49H37N3/c50-32-33-14-12-17-36(30-33)51-46-26-10-9-23-42(46)45-31-34(28-29-48(45)51)37-18-4-5-19-38(37)39-20-6-7-21-40(39)43-24-13-25-44-41-22-8-11-27-47(41)52(49(43)44)35-15-2-1-3-16-35/h1-7,9-18,20-21,23-31,38,45,48H,8,19,22H2/t38-,45?,48?/m1/s1. The van der Waals surface area contributed by atoms with Crippen LogP contribution in [0.1, 0.15) is 52.6 Å². The molecule has 3 nitrogen and oxygen atoms in total. The van der Waals surface area contributed by atoms with Crippen LogP contribution >= 0.6 is 0 Å². The van der Waals surface area contributed by atoms with Crippen molar-refractivity contribution in [3.05, 3.63) is 203 Å². The number of fused-ring (bicyclic) bond motifs is 6. The summed E-state index contributed by atoms with van der Waals surface area (Å²) in [7, 11) is 0. The Labute approximate surface area is 305 Å². The molecular weight excluding hydrogens is 631 g/mol. The largest absolute Gasteiger partial charge is 0.333 e. The zero-order chi connectivity index (χ0) is 34.6. The molecule has 0 bridgehead atoms. The Hall–Kier alpha value is -6.37. The highest BCUT2D eigenvalue weighted by molar-refractivity contribution is 6.01. The average Bonchev–Trinajstić information content (AvgIpc) is 3.74. The van der Waals surface area contributed by atoms with Crippen LogP contribution in [-0.4, -0.2) is 10.6 Å². The van der Waals surface area contributed by atoms with Crippen LogP contribution in [0.5, 0.6) is 0 Å². The van der Waals surface area contributed by atoms with Gasteiger partial charge in [0.05, 0.1) is 23.2 Å². The van der Waals surface area contributed by atoms with E-state index in [9.17, 15) is 5.26 Å². The topological polar surface area (TPSA) is 32.0 Å². The summed E-state index contributed by atoms with van der Waals surface area (Å²) in [6, 6.07) is 46.1. The van der Waals surface area contributed by atoms with E-state index < -0.39 is 0 Å². The second kappa shape index (κ2) is 12.4. The molecule has 3 atom stereocenters. The number of benzene rings is 5. The van der Waals surface area contributed by atoms with E-state index in [1.165, 1.54) is 66.9 Å². The monoisotopic (exact) mass is 667 g/mol. The van der Waals surface area contributed by atoms with Gasteiger partial charge in [-0.1, -0.05) is 127 Å². The van der Waals surface area contributed by atoms with Gasteiger partial charge in [-0.2, -0.15) is 5.26 Å². The highest BCUT2D eigenvalue weighted by atomic mass is 15.2. The molecule has 0 N–H and O–H groups in total. The molecule has 1 aromatic heterocycles. The van der Waals surface area contributed by atoms with Crippen LogP contribution in [0.2, 0.25) is 0 Å². The minimum atomic E-state index is 0.143. The number of aryl methyl sites for hydroxylation is 1. The predicted molar refractivity (Wildman–Crippen MR) is 214 cm³/mol. The predicted octanol–water partition coefficient (Wildman–Crippen LogP) is 11.9. The van der Waals surface area contributed by atoms with E-state index >= 15 is 0 Å². The van der Waals surface area contributed by atoms with Gasteiger partial charge in [0.15, 0.2) is 0 Å². The molecule has 0 radical (unpaired) electrons. The minimum absolute atomic E-state index is 0.143. The zero-order valence-electron chi connectivity index (χ0n) is 28.9. The van der Waals surface area contributed by atoms with E-state index in [0.29, 0.717) is 5.56 Å². The molecule has 2 unspecified atom stereocenters. The maximum absolute atomic E-state index is 9.67. The van der Waals surface area contributed by atoms with Gasteiger partial charge in [-0.15, -0.1) is 0 Å². The molecule has 248 valence electrons. The van der Waals surface area contributed by atoms with Crippen molar-refractivity contribution in [3.8, 4) is 22.9 Å². The van der Waals surface area contributed by atoms with Crippen LogP contribution in [0.4, 0.5) is 11.4 Å². The van der Waals surface area contributed by atoms with Gasteiger partial charge in [0.2, 0.25) is 0 Å². The number of aromatic nitrogens is 1. The number of anilines is 2. The third-order valence-electron chi connectivity index (χ3n) is 11.4. The molecule has 3 aliphatic carbocycles. The van der Waals surface area contributed by atoms with Crippen LogP contribution in [0, 0.1) is 11.3 Å². The molecule has 6 aromatic rings. The molecule has 0 spiro atoms. The highest BCUT2D eigenvalue weighted by Crippen LogP contribution is 2.51. The summed E-state index contributed by atoms with van der Waals surface area (Å²) in [5, 5.41) is 11.0. The number of nitrogens with zero attached hydrogens (tertiary/aromatic N) is 3. The molecule has 4 aliphatic rings. The van der Waals surface area contributed by atoms with Crippen molar-refractivity contribution < 1.29 is 0 Å². The quantitative estimate of drug-likeness (QED) is 0.183. The molecule has 0 saturated heterocycles. The van der Waals surface area contributed by atoms with Gasteiger partial charge in [-0.05, 0) is 95.1 Å². The molecule has 10 rings (SSSR count). The van der Waals surface area contributed by atoms with Crippen molar-refractivity contribution in [1.29, 1.82) is 5.26 Å². The first-order valence-corrected chi connectivity index (χ1v) is 18.4. The Bertz CT molecular complexity index is 2590. The van der Waals surface area contributed by atoms with Crippen LogP contribution in [0.25, 0.3) is 33.8 Å². The summed E-state index contributed by atoms with van der Waals surface area (Å²) in [5.41, 5.74) is 16.1. The maximum Gasteiger partial charge on any atom is 0.0992 e. The number of rotatable bonds is 5. The first kappa shape index (κ1) is 30.5. The van der Waals surface area contributed by atoms with E-state index in [4.69, 9.17) is 0 Å². The molecule has 0 fully saturated rings. The van der Waals surface area contributed by atoms with E-state index in [0.717, 1.165) is 24.9 Å². The summed E-state index contributed by atoms with van der Waals surface area (Å²) in [6.45, 7) is 0. The van der Waals surface area contributed by atoms with Gasteiger partial charge in [0, 0.05) is 45.5 Å². The number of allylic oxidation sites excluding steroid dienone is 7. The van der Waals surface area contributed by atoms with Gasteiger partial charge in [-0.3, -0.25) is 0 Å². The summed E-state index contributed by atoms with van der Waals surface area (Å²) in [4.78, 5) is 2.41. The van der Waals surface area contributed by atoms with Crippen LogP contribution in [-0.2, 0) is 6.42 Å². The van der Waals surface area contributed by atoms with Gasteiger partial charge in [0.25, 0.3) is 0 Å². The van der Waals surface area contributed by atoms with Crippen molar-refractivity contribution in [1.82, 2.24) is 4.57 Å². The van der Waals surface area contributed by atoms with Crippen LogP contribution < -0.4 is 4.90 Å². The van der Waals surface area contributed by atoms with Gasteiger partial charge in [-0.25, -0.2) is 0 Å². The molecule has 5 aromatic carbocycles. The Morgan fingerprint density at radius 2 is 1.50 bits per heavy atom. The summed E-state index contributed by atoms with van der Waals surface area (Å²) in [6.07, 6.45) is 21.8. The number of hydrogen-bond donors (Lipinski definition) is 0. The fourth-order valence-corrected chi connectivity index (χ4v) is 9.18. The zero-order valence-corrected chi connectivity index (χ0v) is 28.9. The Morgan fingerprint density at radius 3 is 2.40 bits per heavy atom. The van der Waals surface area contributed by atoms with Gasteiger partial charge >= 0.3 is 0 Å². The summed E-state index contributed by atoms with van der Waals surface area (Å²) in [5.74, 6) is 0.408. The molecule has 0 saturated carbocycles. The van der Waals surface area contributed by atoms with Crippen molar-refractivity contribution in [2.24, 2.45) is 0 Å². The lowest BCUT2D eigenvalue weighted by Crippen LogP contribution is -2.29. The Balaban J connectivity index is 1.09. The van der Waals surface area contributed by atoms with Crippen molar-refractivity contribution >= 4 is 28.4 Å². The lowest BCUT2D eigenvalue weighted by molar-refractivity contribution is 0.731. The number of para-hydroxylation sites is 3. The molecular formula is C49H37N3. The fourth-order valence-electron chi connectivity index (χ4n) is 9.18. The molecule has 3 heteroatoms. The molecule has 0 amide bonds. The first-order valence-electron chi connectivity index (χ1n) is 18.4. The van der Waals surface area contributed by atoms with Gasteiger partial charge < -0.3 is 9.47 Å². The van der Waals surface area contributed by atoms with Crippen molar-refractivity contribution in [2.75, 3.05) is 4.90 Å². The Morgan fingerprint density at radius 1 is 0.712 bits per heavy atom. The van der Waals surface area contributed by atoms with E-state index in [1.54, 1.807) is 0 Å². The Kier molecular flexibility index (Phi) is 7.29. The molecule has 2 heterocycles.